The normalized spacial score (nSPS) is 10.4. The number of urea groups is 1. The third-order valence-electron chi connectivity index (χ3n) is 2.21. The Morgan fingerprint density at radius 3 is 2.43 bits per heavy atom. The fraction of sp³-hybridized carbons (Fsp3) is 0.700. The number of ether oxygens (including phenoxy) is 1. The first kappa shape index (κ1) is 12.8. The summed E-state index contributed by atoms with van der Waals surface area (Å²) in [4.78, 5) is 11.3. The lowest BCUT2D eigenvalue weighted by Crippen LogP contribution is -2.50. The van der Waals surface area contributed by atoms with E-state index in [0.717, 1.165) is 0 Å². The highest BCUT2D eigenvalue weighted by Crippen LogP contribution is 2.12. The minimum atomic E-state index is -0.544. The Hall–Kier alpha value is -1.21. The summed E-state index contributed by atoms with van der Waals surface area (Å²) in [5.74, 6) is 2.61. The summed E-state index contributed by atoms with van der Waals surface area (Å²) in [5, 5.41) is 5.27. The van der Waals surface area contributed by atoms with Crippen molar-refractivity contribution in [2.24, 2.45) is 0 Å². The van der Waals surface area contributed by atoms with E-state index in [9.17, 15) is 4.79 Å². The fourth-order valence-corrected chi connectivity index (χ4v) is 1.07. The fourth-order valence-electron chi connectivity index (χ4n) is 1.07. The zero-order chi connectivity index (χ0) is 11.0. The summed E-state index contributed by atoms with van der Waals surface area (Å²) in [6.07, 6.45) is 6.80. The molecule has 0 aromatic heterocycles. The van der Waals surface area contributed by atoms with E-state index >= 15 is 0 Å². The molecule has 0 aromatic rings. The molecule has 0 aromatic carbocycles. The highest BCUT2D eigenvalue weighted by molar-refractivity contribution is 5.75. The van der Waals surface area contributed by atoms with Crippen LogP contribution in [0.25, 0.3) is 0 Å². The molecule has 0 bridgehead atoms. The van der Waals surface area contributed by atoms with E-state index in [1.807, 2.05) is 13.8 Å². The summed E-state index contributed by atoms with van der Waals surface area (Å²) in [6, 6.07) is -0.298. The van der Waals surface area contributed by atoms with Crippen LogP contribution in [0.5, 0.6) is 0 Å². The molecule has 0 radical (unpaired) electrons. The van der Waals surface area contributed by atoms with Gasteiger partial charge in [0.1, 0.15) is 12.3 Å². The van der Waals surface area contributed by atoms with Crippen molar-refractivity contribution in [3.63, 3.8) is 0 Å². The molecule has 14 heavy (non-hydrogen) atoms. The van der Waals surface area contributed by atoms with Gasteiger partial charge in [0, 0.05) is 7.11 Å². The van der Waals surface area contributed by atoms with Gasteiger partial charge in [-0.05, 0) is 12.8 Å². The molecule has 0 atom stereocenters. The van der Waals surface area contributed by atoms with Crippen LogP contribution in [0.1, 0.15) is 26.7 Å². The quantitative estimate of drug-likeness (QED) is 0.513. The molecule has 4 nitrogen and oxygen atoms in total. The Kier molecular flexibility index (Phi) is 5.73. The van der Waals surface area contributed by atoms with Crippen molar-refractivity contribution >= 4 is 6.03 Å². The highest BCUT2D eigenvalue weighted by atomic mass is 16.5. The highest BCUT2D eigenvalue weighted by Gasteiger charge is 2.24. The maximum Gasteiger partial charge on any atom is 0.317 e. The van der Waals surface area contributed by atoms with E-state index < -0.39 is 5.54 Å². The number of carbonyl (C=O) groups is 1. The van der Waals surface area contributed by atoms with Crippen LogP contribution in [0.2, 0.25) is 0 Å². The molecule has 0 spiro atoms. The van der Waals surface area contributed by atoms with Crippen molar-refractivity contribution in [1.29, 1.82) is 0 Å². The topological polar surface area (TPSA) is 50.4 Å². The van der Waals surface area contributed by atoms with Crippen LogP contribution in [-0.2, 0) is 4.74 Å². The number of rotatable bonds is 5. The molecule has 0 saturated heterocycles. The maximum absolute atomic E-state index is 11.3. The van der Waals surface area contributed by atoms with Crippen molar-refractivity contribution < 1.29 is 9.53 Å². The summed E-state index contributed by atoms with van der Waals surface area (Å²) in [5.41, 5.74) is -0.544. The SMILES string of the molecule is C#CC(CC)(CC)NC(=O)NCOC. The van der Waals surface area contributed by atoms with Gasteiger partial charge in [-0.1, -0.05) is 19.8 Å². The minimum Gasteiger partial charge on any atom is -0.364 e. The molecule has 2 N–H and O–H groups in total. The molecule has 0 aliphatic carbocycles. The van der Waals surface area contributed by atoms with Crippen molar-refractivity contribution in [3.05, 3.63) is 0 Å². The number of carbonyl (C=O) groups excluding carboxylic acids is 1. The summed E-state index contributed by atoms with van der Waals surface area (Å²) >= 11 is 0. The lowest BCUT2D eigenvalue weighted by atomic mass is 9.94. The molecule has 4 heteroatoms. The Balaban J connectivity index is 4.18. The van der Waals surface area contributed by atoms with Gasteiger partial charge in [-0.15, -0.1) is 6.42 Å². The number of terminal acetylenes is 1. The monoisotopic (exact) mass is 198 g/mol. The van der Waals surface area contributed by atoms with E-state index in [2.05, 4.69) is 16.6 Å². The summed E-state index contributed by atoms with van der Waals surface area (Å²) < 4.78 is 4.70. The van der Waals surface area contributed by atoms with Crippen molar-refractivity contribution in [3.8, 4) is 12.3 Å². The van der Waals surface area contributed by atoms with Gasteiger partial charge in [0.2, 0.25) is 0 Å². The van der Waals surface area contributed by atoms with Gasteiger partial charge >= 0.3 is 6.03 Å². The molecule has 2 amide bonds. The first-order valence-electron chi connectivity index (χ1n) is 4.66. The standard InChI is InChI=1S/C10H18N2O2/c1-5-10(6-2,7-3)12-9(13)11-8-14-4/h1H,6-8H2,2-4H3,(H2,11,12,13). The van der Waals surface area contributed by atoms with Crippen LogP contribution in [0.15, 0.2) is 0 Å². The number of hydrogen-bond acceptors (Lipinski definition) is 2. The van der Waals surface area contributed by atoms with E-state index in [1.165, 1.54) is 7.11 Å². The average molecular weight is 198 g/mol. The first-order valence-corrected chi connectivity index (χ1v) is 4.66. The smallest absolute Gasteiger partial charge is 0.317 e. The van der Waals surface area contributed by atoms with Crippen LogP contribution in [0.3, 0.4) is 0 Å². The predicted molar refractivity (Wildman–Crippen MR) is 55.7 cm³/mol. The van der Waals surface area contributed by atoms with E-state index in [0.29, 0.717) is 12.8 Å². The van der Waals surface area contributed by atoms with Crippen molar-refractivity contribution in [2.75, 3.05) is 13.8 Å². The van der Waals surface area contributed by atoms with E-state index in [4.69, 9.17) is 11.2 Å². The summed E-state index contributed by atoms with van der Waals surface area (Å²) in [6.45, 7) is 4.07. The minimum absolute atomic E-state index is 0.180. The molecule has 0 fully saturated rings. The van der Waals surface area contributed by atoms with Crippen LogP contribution < -0.4 is 10.6 Å². The van der Waals surface area contributed by atoms with E-state index in [-0.39, 0.29) is 12.8 Å². The first-order chi connectivity index (χ1) is 6.64. The van der Waals surface area contributed by atoms with Crippen molar-refractivity contribution in [1.82, 2.24) is 10.6 Å². The average Bonchev–Trinajstić information content (AvgIpc) is 2.23. The molecule has 80 valence electrons. The second-order valence-electron chi connectivity index (χ2n) is 3.00. The molecular weight excluding hydrogens is 180 g/mol. The van der Waals surface area contributed by atoms with Crippen molar-refractivity contribution in [2.45, 2.75) is 32.2 Å². The van der Waals surface area contributed by atoms with Crippen LogP contribution in [-0.4, -0.2) is 25.4 Å². The molecule has 0 aliphatic rings. The Morgan fingerprint density at radius 1 is 1.50 bits per heavy atom. The Morgan fingerprint density at radius 2 is 2.07 bits per heavy atom. The third-order valence-corrected chi connectivity index (χ3v) is 2.21. The molecular formula is C10H18N2O2. The number of methoxy groups -OCH3 is 1. The van der Waals surface area contributed by atoms with Crippen LogP contribution in [0, 0.1) is 12.3 Å². The van der Waals surface area contributed by atoms with Gasteiger partial charge in [-0.25, -0.2) is 4.79 Å². The maximum atomic E-state index is 11.3. The zero-order valence-electron chi connectivity index (χ0n) is 9.02. The second kappa shape index (κ2) is 6.28. The number of hydrogen-bond donors (Lipinski definition) is 2. The van der Waals surface area contributed by atoms with Gasteiger partial charge in [-0.3, -0.25) is 0 Å². The largest absolute Gasteiger partial charge is 0.364 e. The van der Waals surface area contributed by atoms with E-state index in [1.54, 1.807) is 0 Å². The number of nitrogens with one attached hydrogen (secondary N) is 2. The molecule has 0 aliphatic heterocycles. The third kappa shape index (κ3) is 3.67. The van der Waals surface area contributed by atoms with Gasteiger partial charge in [0.15, 0.2) is 0 Å². The van der Waals surface area contributed by atoms with Gasteiger partial charge in [0.05, 0.1) is 0 Å². The predicted octanol–water partition coefficient (Wildman–Crippen LogP) is 1.08. The lowest BCUT2D eigenvalue weighted by molar-refractivity contribution is 0.169. The Bertz CT molecular complexity index is 217. The van der Waals surface area contributed by atoms with Gasteiger partial charge in [-0.2, -0.15) is 0 Å². The Labute approximate surface area is 85.4 Å². The molecule has 0 rings (SSSR count). The summed E-state index contributed by atoms with van der Waals surface area (Å²) in [7, 11) is 1.51. The van der Waals surface area contributed by atoms with Gasteiger partial charge in [0.25, 0.3) is 0 Å². The second-order valence-corrected chi connectivity index (χ2v) is 3.00. The molecule has 0 heterocycles. The van der Waals surface area contributed by atoms with Crippen LogP contribution >= 0.6 is 0 Å². The lowest BCUT2D eigenvalue weighted by Gasteiger charge is -2.26. The van der Waals surface area contributed by atoms with Crippen LogP contribution in [0.4, 0.5) is 4.79 Å². The number of amides is 2. The molecule has 0 saturated carbocycles. The van der Waals surface area contributed by atoms with Gasteiger partial charge < -0.3 is 15.4 Å². The zero-order valence-corrected chi connectivity index (χ0v) is 9.02. The molecule has 0 unspecified atom stereocenters.